The lowest BCUT2D eigenvalue weighted by molar-refractivity contribution is 0.545. The van der Waals surface area contributed by atoms with E-state index in [1.807, 2.05) is 0 Å². The Hall–Kier alpha value is -0.130. The lowest BCUT2D eigenvalue weighted by atomic mass is 10.2. The summed E-state index contributed by atoms with van der Waals surface area (Å²) >= 11 is 0. The Kier molecular flexibility index (Phi) is 4.37. The first-order valence-corrected chi connectivity index (χ1v) is 7.61. The minimum absolute atomic E-state index is 0.149. The third-order valence-corrected chi connectivity index (χ3v) is 4.45. The van der Waals surface area contributed by atoms with Gasteiger partial charge in [-0.1, -0.05) is 27.7 Å². The molecule has 1 aliphatic rings. The SMILES string of the molecule is CC(C)NCCCS(=O)(=O)NC1CC1(C)C. The molecule has 0 spiro atoms. The fraction of sp³-hybridized carbons (Fsp3) is 1.00. The molecule has 0 aromatic heterocycles. The molecule has 0 aromatic rings. The van der Waals surface area contributed by atoms with Crippen molar-refractivity contribution in [3.8, 4) is 0 Å². The second-order valence-corrected chi connectivity index (χ2v) is 7.52. The minimum atomic E-state index is -3.08. The summed E-state index contributed by atoms with van der Waals surface area (Å²) in [5, 5.41) is 3.21. The van der Waals surface area contributed by atoms with Crippen LogP contribution >= 0.6 is 0 Å². The van der Waals surface area contributed by atoms with Crippen molar-refractivity contribution in [3.63, 3.8) is 0 Å². The Labute approximate surface area is 99.2 Å². The average Bonchev–Trinajstić information content (AvgIpc) is 2.66. The van der Waals surface area contributed by atoms with Crippen LogP contribution in [0.5, 0.6) is 0 Å². The van der Waals surface area contributed by atoms with Gasteiger partial charge in [-0.3, -0.25) is 0 Å². The van der Waals surface area contributed by atoms with E-state index in [1.165, 1.54) is 0 Å². The van der Waals surface area contributed by atoms with E-state index in [1.54, 1.807) is 0 Å². The van der Waals surface area contributed by atoms with Crippen LogP contribution in [0.2, 0.25) is 0 Å². The third kappa shape index (κ3) is 4.80. The van der Waals surface area contributed by atoms with Crippen LogP contribution < -0.4 is 10.0 Å². The van der Waals surface area contributed by atoms with Crippen molar-refractivity contribution >= 4 is 10.0 Å². The molecule has 1 fully saturated rings. The molecule has 1 aliphatic carbocycles. The number of sulfonamides is 1. The molecule has 1 unspecified atom stereocenters. The van der Waals surface area contributed by atoms with Crippen molar-refractivity contribution in [2.45, 2.75) is 52.6 Å². The summed E-state index contributed by atoms with van der Waals surface area (Å²) in [6.07, 6.45) is 1.62. The van der Waals surface area contributed by atoms with E-state index in [0.29, 0.717) is 12.5 Å². The van der Waals surface area contributed by atoms with Crippen LogP contribution in [0.15, 0.2) is 0 Å². The molecule has 0 aromatic carbocycles. The van der Waals surface area contributed by atoms with Crippen molar-refractivity contribution in [1.29, 1.82) is 0 Å². The zero-order valence-electron chi connectivity index (χ0n) is 10.7. The number of hydrogen-bond donors (Lipinski definition) is 2. The van der Waals surface area contributed by atoms with Crippen LogP contribution in [0.25, 0.3) is 0 Å². The largest absolute Gasteiger partial charge is 0.314 e. The van der Waals surface area contributed by atoms with Crippen molar-refractivity contribution in [3.05, 3.63) is 0 Å². The van der Waals surface area contributed by atoms with Gasteiger partial charge in [0.2, 0.25) is 10.0 Å². The molecule has 0 radical (unpaired) electrons. The van der Waals surface area contributed by atoms with E-state index in [2.05, 4.69) is 37.7 Å². The van der Waals surface area contributed by atoms with E-state index in [4.69, 9.17) is 0 Å². The summed E-state index contributed by atoms with van der Waals surface area (Å²) in [6, 6.07) is 0.564. The first-order chi connectivity index (χ1) is 7.23. The molecule has 96 valence electrons. The topological polar surface area (TPSA) is 58.2 Å². The van der Waals surface area contributed by atoms with Crippen LogP contribution in [0.4, 0.5) is 0 Å². The molecule has 1 saturated carbocycles. The van der Waals surface area contributed by atoms with Crippen molar-refractivity contribution < 1.29 is 8.42 Å². The Morgan fingerprint density at radius 2 is 1.94 bits per heavy atom. The molecular formula is C11H24N2O2S. The van der Waals surface area contributed by atoms with Crippen LogP contribution in [0.3, 0.4) is 0 Å². The Morgan fingerprint density at radius 3 is 2.38 bits per heavy atom. The van der Waals surface area contributed by atoms with Crippen LogP contribution in [0, 0.1) is 5.41 Å². The van der Waals surface area contributed by atoms with Crippen LogP contribution in [0.1, 0.15) is 40.5 Å². The maximum atomic E-state index is 11.7. The highest BCUT2D eigenvalue weighted by Crippen LogP contribution is 2.44. The van der Waals surface area contributed by atoms with Crippen molar-refractivity contribution in [1.82, 2.24) is 10.0 Å². The van der Waals surface area contributed by atoms with Gasteiger partial charge in [0, 0.05) is 12.1 Å². The number of rotatable bonds is 7. The van der Waals surface area contributed by atoms with Gasteiger partial charge < -0.3 is 5.32 Å². The van der Waals surface area contributed by atoms with E-state index >= 15 is 0 Å². The second kappa shape index (κ2) is 5.02. The first-order valence-electron chi connectivity index (χ1n) is 5.96. The van der Waals surface area contributed by atoms with Crippen molar-refractivity contribution in [2.24, 2.45) is 5.41 Å². The summed E-state index contributed by atoms with van der Waals surface area (Å²) in [6.45, 7) is 9.03. The highest BCUT2D eigenvalue weighted by atomic mass is 32.2. The van der Waals surface area contributed by atoms with Crippen molar-refractivity contribution in [2.75, 3.05) is 12.3 Å². The van der Waals surface area contributed by atoms with E-state index in [9.17, 15) is 8.42 Å². The zero-order valence-corrected chi connectivity index (χ0v) is 11.5. The highest BCUT2D eigenvalue weighted by Gasteiger charge is 2.47. The highest BCUT2D eigenvalue weighted by molar-refractivity contribution is 7.89. The fourth-order valence-electron chi connectivity index (χ4n) is 1.60. The smallest absolute Gasteiger partial charge is 0.211 e. The van der Waals surface area contributed by atoms with Gasteiger partial charge in [-0.2, -0.15) is 0 Å². The molecule has 16 heavy (non-hydrogen) atoms. The summed E-state index contributed by atoms with van der Waals surface area (Å²) in [5.41, 5.74) is 0.156. The van der Waals surface area contributed by atoms with E-state index in [-0.39, 0.29) is 17.2 Å². The molecule has 5 heteroatoms. The van der Waals surface area contributed by atoms with Gasteiger partial charge in [-0.15, -0.1) is 0 Å². The zero-order chi connectivity index (χ0) is 12.4. The van der Waals surface area contributed by atoms with Gasteiger partial charge in [0.15, 0.2) is 0 Å². The molecule has 0 heterocycles. The first kappa shape index (κ1) is 13.9. The molecular weight excluding hydrogens is 224 g/mol. The third-order valence-electron chi connectivity index (χ3n) is 2.98. The predicted molar refractivity (Wildman–Crippen MR) is 66.9 cm³/mol. The number of hydrogen-bond acceptors (Lipinski definition) is 3. The molecule has 1 atom stereocenters. The summed E-state index contributed by atoms with van der Waals surface area (Å²) in [5.74, 6) is 0.222. The fourth-order valence-corrected chi connectivity index (χ4v) is 3.08. The minimum Gasteiger partial charge on any atom is -0.314 e. The molecule has 0 bridgehead atoms. The summed E-state index contributed by atoms with van der Waals surface area (Å²) < 4.78 is 26.1. The van der Waals surface area contributed by atoms with Gasteiger partial charge in [0.1, 0.15) is 0 Å². The van der Waals surface area contributed by atoms with Gasteiger partial charge in [0.25, 0.3) is 0 Å². The average molecular weight is 248 g/mol. The van der Waals surface area contributed by atoms with Crippen LogP contribution in [-0.4, -0.2) is 32.8 Å². The normalized spacial score (nSPS) is 23.7. The molecule has 4 nitrogen and oxygen atoms in total. The molecule has 2 N–H and O–H groups in total. The number of nitrogens with one attached hydrogen (secondary N) is 2. The lowest BCUT2D eigenvalue weighted by Crippen LogP contribution is -2.32. The Morgan fingerprint density at radius 1 is 1.38 bits per heavy atom. The Bertz CT molecular complexity index is 323. The predicted octanol–water partition coefficient (Wildman–Crippen LogP) is 1.09. The maximum absolute atomic E-state index is 11.7. The van der Waals surface area contributed by atoms with Crippen LogP contribution in [-0.2, 0) is 10.0 Å². The molecule has 0 saturated heterocycles. The lowest BCUT2D eigenvalue weighted by Gasteiger charge is -2.10. The van der Waals surface area contributed by atoms with Gasteiger partial charge in [0.05, 0.1) is 5.75 Å². The maximum Gasteiger partial charge on any atom is 0.211 e. The van der Waals surface area contributed by atoms with Gasteiger partial charge in [-0.05, 0) is 24.8 Å². The quantitative estimate of drug-likeness (QED) is 0.663. The van der Waals surface area contributed by atoms with E-state index in [0.717, 1.165) is 13.0 Å². The summed E-state index contributed by atoms with van der Waals surface area (Å²) in [7, 11) is -3.08. The van der Waals surface area contributed by atoms with Gasteiger partial charge >= 0.3 is 0 Å². The van der Waals surface area contributed by atoms with E-state index < -0.39 is 10.0 Å². The second-order valence-electron chi connectivity index (χ2n) is 5.64. The Balaban J connectivity index is 2.20. The molecule has 0 aliphatic heterocycles. The monoisotopic (exact) mass is 248 g/mol. The standard InChI is InChI=1S/C11H24N2O2S/c1-9(2)12-6-5-7-16(14,15)13-10-8-11(10,3)4/h9-10,12-13H,5-8H2,1-4H3. The van der Waals surface area contributed by atoms with Gasteiger partial charge in [-0.25, -0.2) is 13.1 Å². The summed E-state index contributed by atoms with van der Waals surface area (Å²) in [4.78, 5) is 0. The molecule has 0 amide bonds. The molecule has 1 rings (SSSR count).